The molecule has 1 rings (SSSR count). The normalized spacial score (nSPS) is 10.5. The number of amides is 2. The van der Waals surface area contributed by atoms with Crippen LogP contribution in [-0.4, -0.2) is 25.3 Å². The van der Waals surface area contributed by atoms with Crippen molar-refractivity contribution in [3.05, 3.63) is 35.9 Å². The lowest BCUT2D eigenvalue weighted by Crippen LogP contribution is -2.35. The van der Waals surface area contributed by atoms with Crippen LogP contribution in [0.25, 0.3) is 0 Å². The molecule has 0 radical (unpaired) electrons. The fraction of sp³-hybridized carbons (Fsp3) is 0.533. The highest BCUT2D eigenvalue weighted by Crippen LogP contribution is 1.97. The minimum Gasteiger partial charge on any atom is -0.379 e. The lowest BCUT2D eigenvalue weighted by molar-refractivity contribution is 0.0761. The number of carbonyl (C=O) groups is 1. The van der Waals surface area contributed by atoms with E-state index in [4.69, 9.17) is 4.74 Å². The lowest BCUT2D eigenvalue weighted by atomic mass is 10.2. The van der Waals surface area contributed by atoms with Crippen molar-refractivity contribution in [3.8, 4) is 0 Å². The van der Waals surface area contributed by atoms with Crippen LogP contribution < -0.4 is 10.6 Å². The Kier molecular flexibility index (Phi) is 7.66. The smallest absolute Gasteiger partial charge is 0.315 e. The summed E-state index contributed by atoms with van der Waals surface area (Å²) in [7, 11) is 0. The maximum Gasteiger partial charge on any atom is 0.315 e. The second-order valence-corrected chi connectivity index (χ2v) is 4.72. The van der Waals surface area contributed by atoms with Crippen LogP contribution in [0.2, 0.25) is 0 Å². The molecule has 2 N–H and O–H groups in total. The van der Waals surface area contributed by atoms with Crippen molar-refractivity contribution in [2.45, 2.75) is 39.3 Å². The van der Waals surface area contributed by atoms with Crippen LogP contribution in [0.3, 0.4) is 0 Å². The molecule has 106 valence electrons. The standard InChI is InChI=1S/C15H24N2O2/c1-13(2)19-11-7-6-10-16-15(18)17-12-14-8-4-3-5-9-14/h3-5,8-9,13H,6-7,10-12H2,1-2H3,(H2,16,17,18). The summed E-state index contributed by atoms with van der Waals surface area (Å²) in [6.07, 6.45) is 2.19. The molecule has 0 aromatic heterocycles. The van der Waals surface area contributed by atoms with Crippen molar-refractivity contribution in [3.63, 3.8) is 0 Å². The first-order valence-corrected chi connectivity index (χ1v) is 6.85. The third-order valence-corrected chi connectivity index (χ3v) is 2.60. The Morgan fingerprint density at radius 3 is 2.58 bits per heavy atom. The van der Waals surface area contributed by atoms with Crippen molar-refractivity contribution < 1.29 is 9.53 Å². The number of hydrogen-bond donors (Lipinski definition) is 2. The second-order valence-electron chi connectivity index (χ2n) is 4.72. The Labute approximate surface area is 115 Å². The van der Waals surface area contributed by atoms with E-state index in [0.29, 0.717) is 13.1 Å². The van der Waals surface area contributed by atoms with Crippen molar-refractivity contribution in [1.29, 1.82) is 0 Å². The van der Waals surface area contributed by atoms with E-state index in [2.05, 4.69) is 10.6 Å². The van der Waals surface area contributed by atoms with Gasteiger partial charge in [-0.25, -0.2) is 4.79 Å². The Morgan fingerprint density at radius 1 is 1.16 bits per heavy atom. The average molecular weight is 264 g/mol. The van der Waals surface area contributed by atoms with E-state index in [0.717, 1.165) is 25.0 Å². The number of rotatable bonds is 8. The molecule has 4 heteroatoms. The Balaban J connectivity index is 1.99. The zero-order valence-corrected chi connectivity index (χ0v) is 11.8. The predicted molar refractivity (Wildman–Crippen MR) is 77.0 cm³/mol. The van der Waals surface area contributed by atoms with Gasteiger partial charge < -0.3 is 15.4 Å². The number of nitrogens with one attached hydrogen (secondary N) is 2. The third-order valence-electron chi connectivity index (χ3n) is 2.60. The highest BCUT2D eigenvalue weighted by Gasteiger charge is 1.99. The van der Waals surface area contributed by atoms with Crippen LogP contribution in [0.1, 0.15) is 32.3 Å². The summed E-state index contributed by atoms with van der Waals surface area (Å²) >= 11 is 0. The van der Waals surface area contributed by atoms with Crippen molar-refractivity contribution in [2.75, 3.05) is 13.2 Å². The molecule has 0 bridgehead atoms. The van der Waals surface area contributed by atoms with Crippen LogP contribution in [0.4, 0.5) is 4.79 Å². The van der Waals surface area contributed by atoms with Crippen LogP contribution in [0.5, 0.6) is 0 Å². The van der Waals surface area contributed by atoms with Crippen LogP contribution in [0, 0.1) is 0 Å². The quantitative estimate of drug-likeness (QED) is 0.709. The number of hydrogen-bond acceptors (Lipinski definition) is 2. The van der Waals surface area contributed by atoms with E-state index in [-0.39, 0.29) is 12.1 Å². The minimum atomic E-state index is -0.117. The number of unbranched alkanes of at least 4 members (excludes halogenated alkanes) is 1. The van der Waals surface area contributed by atoms with Gasteiger partial charge in [-0.05, 0) is 32.3 Å². The molecule has 1 aromatic carbocycles. The number of carbonyl (C=O) groups excluding carboxylic acids is 1. The maximum absolute atomic E-state index is 11.5. The molecule has 0 spiro atoms. The molecule has 0 saturated heterocycles. The van der Waals surface area contributed by atoms with Crippen LogP contribution in [0.15, 0.2) is 30.3 Å². The average Bonchev–Trinajstić information content (AvgIpc) is 2.41. The Hall–Kier alpha value is -1.55. The van der Waals surface area contributed by atoms with Crippen LogP contribution in [-0.2, 0) is 11.3 Å². The molecule has 0 fully saturated rings. The summed E-state index contributed by atoms with van der Waals surface area (Å²) in [5.74, 6) is 0. The molecule has 0 atom stereocenters. The molecule has 0 aliphatic heterocycles. The SMILES string of the molecule is CC(C)OCCCCNC(=O)NCc1ccccc1. The lowest BCUT2D eigenvalue weighted by Gasteiger charge is -2.09. The van der Waals surface area contributed by atoms with Gasteiger partial charge in [-0.15, -0.1) is 0 Å². The molecular formula is C15H24N2O2. The molecule has 0 aliphatic carbocycles. The van der Waals surface area contributed by atoms with Crippen molar-refractivity contribution in [2.24, 2.45) is 0 Å². The van der Waals surface area contributed by atoms with E-state index in [1.54, 1.807) is 0 Å². The van der Waals surface area contributed by atoms with E-state index < -0.39 is 0 Å². The first-order valence-electron chi connectivity index (χ1n) is 6.85. The summed E-state index contributed by atoms with van der Waals surface area (Å²) in [6, 6.07) is 9.75. The van der Waals surface area contributed by atoms with Gasteiger partial charge in [0.1, 0.15) is 0 Å². The molecule has 0 aliphatic rings. The highest BCUT2D eigenvalue weighted by molar-refractivity contribution is 5.73. The molecule has 1 aromatic rings. The predicted octanol–water partition coefficient (Wildman–Crippen LogP) is 2.69. The van der Waals surface area contributed by atoms with Gasteiger partial charge >= 0.3 is 6.03 Å². The van der Waals surface area contributed by atoms with Gasteiger partial charge in [0.05, 0.1) is 6.10 Å². The second kappa shape index (κ2) is 9.39. The fourth-order valence-electron chi connectivity index (χ4n) is 1.59. The van der Waals surface area contributed by atoms with Crippen LogP contribution >= 0.6 is 0 Å². The molecule has 0 saturated carbocycles. The molecule has 2 amide bonds. The first-order chi connectivity index (χ1) is 9.18. The van der Waals surface area contributed by atoms with Crippen molar-refractivity contribution in [1.82, 2.24) is 10.6 Å². The van der Waals surface area contributed by atoms with Gasteiger partial charge in [-0.3, -0.25) is 0 Å². The summed E-state index contributed by atoms with van der Waals surface area (Å²) in [5.41, 5.74) is 1.10. The molecule has 19 heavy (non-hydrogen) atoms. The molecule has 0 heterocycles. The zero-order chi connectivity index (χ0) is 13.9. The molecule has 4 nitrogen and oxygen atoms in total. The van der Waals surface area contributed by atoms with Gasteiger partial charge in [0.2, 0.25) is 0 Å². The monoisotopic (exact) mass is 264 g/mol. The summed E-state index contributed by atoms with van der Waals surface area (Å²) in [5, 5.41) is 5.66. The fourth-order valence-corrected chi connectivity index (χ4v) is 1.59. The number of benzene rings is 1. The van der Waals surface area contributed by atoms with Gasteiger partial charge in [0.15, 0.2) is 0 Å². The third kappa shape index (κ3) is 8.21. The van der Waals surface area contributed by atoms with Gasteiger partial charge in [0, 0.05) is 19.7 Å². The molecule has 0 unspecified atom stereocenters. The topological polar surface area (TPSA) is 50.4 Å². The van der Waals surface area contributed by atoms with Gasteiger partial charge in [-0.2, -0.15) is 0 Å². The minimum absolute atomic E-state index is 0.117. The Bertz CT molecular complexity index is 352. The first kappa shape index (κ1) is 15.5. The summed E-state index contributed by atoms with van der Waals surface area (Å²) in [6.45, 7) is 6.04. The molecular weight excluding hydrogens is 240 g/mol. The number of ether oxygens (including phenoxy) is 1. The number of urea groups is 1. The Morgan fingerprint density at radius 2 is 1.89 bits per heavy atom. The van der Waals surface area contributed by atoms with Gasteiger partial charge in [0.25, 0.3) is 0 Å². The maximum atomic E-state index is 11.5. The summed E-state index contributed by atoms with van der Waals surface area (Å²) < 4.78 is 5.43. The zero-order valence-electron chi connectivity index (χ0n) is 11.8. The van der Waals surface area contributed by atoms with E-state index in [1.807, 2.05) is 44.2 Å². The van der Waals surface area contributed by atoms with E-state index in [1.165, 1.54) is 0 Å². The van der Waals surface area contributed by atoms with Crippen molar-refractivity contribution >= 4 is 6.03 Å². The van der Waals surface area contributed by atoms with E-state index >= 15 is 0 Å². The van der Waals surface area contributed by atoms with Gasteiger partial charge in [-0.1, -0.05) is 30.3 Å². The largest absolute Gasteiger partial charge is 0.379 e. The highest BCUT2D eigenvalue weighted by atomic mass is 16.5. The van der Waals surface area contributed by atoms with E-state index in [9.17, 15) is 4.79 Å². The summed E-state index contributed by atoms with van der Waals surface area (Å²) in [4.78, 5) is 11.5.